The topological polar surface area (TPSA) is 73.9 Å². The number of ketones is 1. The second kappa shape index (κ2) is 8.43. The fourth-order valence-corrected chi connectivity index (χ4v) is 3.37. The van der Waals surface area contributed by atoms with Gasteiger partial charge in [0.1, 0.15) is 19.0 Å². The van der Waals surface area contributed by atoms with E-state index in [0.29, 0.717) is 41.7 Å². The predicted octanol–water partition coefficient (Wildman–Crippen LogP) is 4.14. The van der Waals surface area contributed by atoms with E-state index < -0.39 is 0 Å². The van der Waals surface area contributed by atoms with Crippen LogP contribution in [-0.4, -0.2) is 32.0 Å². The molecule has 0 saturated heterocycles. The molecule has 1 aliphatic heterocycles. The van der Waals surface area contributed by atoms with E-state index in [1.165, 1.54) is 0 Å². The number of rotatable bonds is 6. The molecule has 0 spiro atoms. The fraction of sp³-hybridized carbons (Fsp3) is 0.300. The molecular weight excluding hydrogens is 414 g/mol. The van der Waals surface area contributed by atoms with Gasteiger partial charge in [0.05, 0.1) is 12.8 Å². The van der Waals surface area contributed by atoms with Crippen LogP contribution in [0.25, 0.3) is 0 Å². The second-order valence-electron chi connectivity index (χ2n) is 6.13. The van der Waals surface area contributed by atoms with Gasteiger partial charge in [0.2, 0.25) is 5.91 Å². The molecule has 142 valence electrons. The average molecular weight is 434 g/mol. The Hall–Kier alpha value is -2.54. The molecule has 0 unspecified atom stereocenters. The number of nitrogens with one attached hydrogen (secondary N) is 1. The van der Waals surface area contributed by atoms with Crippen LogP contribution in [0.15, 0.2) is 34.8 Å². The van der Waals surface area contributed by atoms with Crippen molar-refractivity contribution in [2.45, 2.75) is 19.8 Å². The minimum Gasteiger partial charge on any atom is -0.495 e. The van der Waals surface area contributed by atoms with Crippen molar-refractivity contribution in [2.24, 2.45) is 0 Å². The van der Waals surface area contributed by atoms with Crippen LogP contribution < -0.4 is 19.5 Å². The number of ether oxygens (including phenoxy) is 3. The number of anilines is 1. The van der Waals surface area contributed by atoms with E-state index in [1.54, 1.807) is 31.4 Å². The SMILES string of the molecule is COc1cc(Br)cc(C)c1NC(=O)CCC(=O)c1ccc2c(c1)OCCO2. The smallest absolute Gasteiger partial charge is 0.224 e. The van der Waals surface area contributed by atoms with Crippen molar-refractivity contribution >= 4 is 33.3 Å². The van der Waals surface area contributed by atoms with Crippen molar-refractivity contribution in [3.63, 3.8) is 0 Å². The van der Waals surface area contributed by atoms with Crippen LogP contribution in [-0.2, 0) is 4.79 Å². The van der Waals surface area contributed by atoms with E-state index >= 15 is 0 Å². The number of aryl methyl sites for hydroxylation is 1. The largest absolute Gasteiger partial charge is 0.495 e. The van der Waals surface area contributed by atoms with Gasteiger partial charge in [-0.05, 0) is 42.8 Å². The Kier molecular flexibility index (Phi) is 6.01. The molecule has 1 amide bonds. The van der Waals surface area contributed by atoms with Crippen LogP contribution in [0, 0.1) is 6.92 Å². The molecule has 2 aromatic carbocycles. The van der Waals surface area contributed by atoms with Gasteiger partial charge in [0.15, 0.2) is 17.3 Å². The number of Topliss-reactive ketones (excluding diaryl/α,β-unsaturated/α-hetero) is 1. The summed E-state index contributed by atoms with van der Waals surface area (Å²) in [4.78, 5) is 24.7. The lowest BCUT2D eigenvalue weighted by molar-refractivity contribution is -0.116. The minimum atomic E-state index is -0.246. The minimum absolute atomic E-state index is 0.0753. The van der Waals surface area contributed by atoms with E-state index in [-0.39, 0.29) is 24.5 Å². The quantitative estimate of drug-likeness (QED) is 0.692. The van der Waals surface area contributed by atoms with E-state index in [9.17, 15) is 9.59 Å². The standard InChI is InChI=1S/C20H20BrNO5/c1-12-9-14(21)11-18(25-2)20(12)22-19(24)6-4-15(23)13-3-5-16-17(10-13)27-8-7-26-16/h3,5,9-11H,4,6-8H2,1-2H3,(H,22,24). The lowest BCUT2D eigenvalue weighted by atomic mass is 10.1. The highest BCUT2D eigenvalue weighted by atomic mass is 79.9. The molecule has 1 aliphatic rings. The Morgan fingerprint density at radius 1 is 1.11 bits per heavy atom. The van der Waals surface area contributed by atoms with Crippen LogP contribution in [0.2, 0.25) is 0 Å². The summed E-state index contributed by atoms with van der Waals surface area (Å²) in [7, 11) is 1.54. The number of halogens is 1. The second-order valence-corrected chi connectivity index (χ2v) is 7.05. The van der Waals surface area contributed by atoms with Gasteiger partial charge in [-0.1, -0.05) is 15.9 Å². The molecule has 0 aliphatic carbocycles. The molecule has 0 radical (unpaired) electrons. The van der Waals surface area contributed by atoms with Gasteiger partial charge in [0.25, 0.3) is 0 Å². The van der Waals surface area contributed by atoms with Gasteiger partial charge in [-0.3, -0.25) is 9.59 Å². The Balaban J connectivity index is 1.62. The van der Waals surface area contributed by atoms with Crippen molar-refractivity contribution in [3.05, 3.63) is 45.9 Å². The Morgan fingerprint density at radius 2 is 1.85 bits per heavy atom. The van der Waals surface area contributed by atoms with Crippen LogP contribution in [0.1, 0.15) is 28.8 Å². The molecule has 0 saturated carbocycles. The third kappa shape index (κ3) is 4.60. The zero-order chi connectivity index (χ0) is 19.4. The number of hydrogen-bond donors (Lipinski definition) is 1. The number of hydrogen-bond acceptors (Lipinski definition) is 5. The predicted molar refractivity (Wildman–Crippen MR) is 105 cm³/mol. The first-order valence-electron chi connectivity index (χ1n) is 8.55. The monoisotopic (exact) mass is 433 g/mol. The maximum atomic E-state index is 12.4. The highest BCUT2D eigenvalue weighted by molar-refractivity contribution is 9.10. The van der Waals surface area contributed by atoms with Crippen molar-refractivity contribution in [1.29, 1.82) is 0 Å². The molecule has 7 heteroatoms. The van der Waals surface area contributed by atoms with Crippen molar-refractivity contribution < 1.29 is 23.8 Å². The summed E-state index contributed by atoms with van der Waals surface area (Å²) in [5, 5.41) is 2.83. The molecule has 27 heavy (non-hydrogen) atoms. The molecular formula is C20H20BrNO5. The van der Waals surface area contributed by atoms with E-state index in [2.05, 4.69) is 21.2 Å². The Morgan fingerprint density at radius 3 is 2.59 bits per heavy atom. The number of methoxy groups -OCH3 is 1. The van der Waals surface area contributed by atoms with Crippen LogP contribution in [0.3, 0.4) is 0 Å². The fourth-order valence-electron chi connectivity index (χ4n) is 2.82. The number of carbonyl (C=O) groups is 2. The molecule has 2 aromatic rings. The van der Waals surface area contributed by atoms with Gasteiger partial charge >= 0.3 is 0 Å². The normalized spacial score (nSPS) is 12.4. The summed E-state index contributed by atoms with van der Waals surface area (Å²) in [6.45, 7) is 2.84. The molecule has 1 heterocycles. The van der Waals surface area contributed by atoms with Crippen molar-refractivity contribution in [1.82, 2.24) is 0 Å². The van der Waals surface area contributed by atoms with Crippen LogP contribution in [0.4, 0.5) is 5.69 Å². The summed E-state index contributed by atoms with van der Waals surface area (Å²) in [6, 6.07) is 8.74. The first-order valence-corrected chi connectivity index (χ1v) is 9.34. The van der Waals surface area contributed by atoms with Gasteiger partial charge in [-0.15, -0.1) is 0 Å². The molecule has 0 aromatic heterocycles. The van der Waals surface area contributed by atoms with Gasteiger partial charge < -0.3 is 19.5 Å². The number of benzene rings is 2. The van der Waals surface area contributed by atoms with Crippen molar-refractivity contribution in [3.8, 4) is 17.2 Å². The molecule has 0 bridgehead atoms. The van der Waals surface area contributed by atoms with Gasteiger partial charge in [-0.25, -0.2) is 0 Å². The molecule has 6 nitrogen and oxygen atoms in total. The maximum absolute atomic E-state index is 12.4. The highest BCUT2D eigenvalue weighted by Crippen LogP contribution is 2.33. The number of carbonyl (C=O) groups excluding carboxylic acids is 2. The third-order valence-corrected chi connectivity index (χ3v) is 4.65. The lowest BCUT2D eigenvalue weighted by Crippen LogP contribution is -2.16. The van der Waals surface area contributed by atoms with E-state index in [4.69, 9.17) is 14.2 Å². The van der Waals surface area contributed by atoms with Crippen LogP contribution in [0.5, 0.6) is 17.2 Å². The first kappa shape index (κ1) is 19.2. The number of fused-ring (bicyclic) bond motifs is 1. The summed E-state index contributed by atoms with van der Waals surface area (Å²) >= 11 is 3.40. The molecule has 0 fully saturated rings. The summed E-state index contributed by atoms with van der Waals surface area (Å²) in [5.74, 6) is 1.39. The zero-order valence-corrected chi connectivity index (χ0v) is 16.7. The summed E-state index contributed by atoms with van der Waals surface area (Å²) < 4.78 is 17.1. The zero-order valence-electron chi connectivity index (χ0n) is 15.1. The number of amides is 1. The van der Waals surface area contributed by atoms with Crippen molar-refractivity contribution in [2.75, 3.05) is 25.6 Å². The van der Waals surface area contributed by atoms with Gasteiger partial charge in [0, 0.05) is 22.9 Å². The Bertz CT molecular complexity index is 881. The van der Waals surface area contributed by atoms with Gasteiger partial charge in [-0.2, -0.15) is 0 Å². The average Bonchev–Trinajstić information content (AvgIpc) is 2.67. The molecule has 1 N–H and O–H groups in total. The lowest BCUT2D eigenvalue weighted by Gasteiger charge is -2.18. The summed E-state index contributed by atoms with van der Waals surface area (Å²) in [6.07, 6.45) is 0.176. The Labute approximate surface area is 165 Å². The maximum Gasteiger partial charge on any atom is 0.224 e. The van der Waals surface area contributed by atoms with Crippen LogP contribution >= 0.6 is 15.9 Å². The third-order valence-electron chi connectivity index (χ3n) is 4.19. The molecule has 0 atom stereocenters. The highest BCUT2D eigenvalue weighted by Gasteiger charge is 2.17. The molecule has 3 rings (SSSR count). The summed E-state index contributed by atoms with van der Waals surface area (Å²) in [5.41, 5.74) is 1.98. The van der Waals surface area contributed by atoms with E-state index in [1.807, 2.05) is 13.0 Å². The van der Waals surface area contributed by atoms with E-state index in [0.717, 1.165) is 10.0 Å². The first-order chi connectivity index (χ1) is 13.0.